The lowest BCUT2D eigenvalue weighted by atomic mass is 10.1. The zero-order valence-corrected chi connectivity index (χ0v) is 9.50. The van der Waals surface area contributed by atoms with Crippen molar-refractivity contribution in [3.8, 4) is 0 Å². The third-order valence-corrected chi connectivity index (χ3v) is 2.70. The van der Waals surface area contributed by atoms with Crippen molar-refractivity contribution in [1.29, 1.82) is 0 Å². The molecule has 0 spiro atoms. The minimum absolute atomic E-state index is 0.0339. The van der Waals surface area contributed by atoms with Gasteiger partial charge in [0.1, 0.15) is 0 Å². The van der Waals surface area contributed by atoms with Gasteiger partial charge in [0.15, 0.2) is 11.6 Å². The Balaban J connectivity index is 1.99. The second-order valence-corrected chi connectivity index (χ2v) is 3.97. The normalized spacial score (nSPS) is 12.6. The average molecular weight is 236 g/mol. The van der Waals surface area contributed by atoms with Gasteiger partial charge in [-0.05, 0) is 36.8 Å². The van der Waals surface area contributed by atoms with Gasteiger partial charge in [-0.1, -0.05) is 6.07 Å². The molecule has 2 aromatic rings. The van der Waals surface area contributed by atoms with Crippen LogP contribution in [0.4, 0.5) is 8.78 Å². The van der Waals surface area contributed by atoms with Crippen molar-refractivity contribution in [2.75, 3.05) is 0 Å². The van der Waals surface area contributed by atoms with Crippen LogP contribution in [-0.2, 0) is 6.54 Å². The van der Waals surface area contributed by atoms with Gasteiger partial charge < -0.3 is 10.3 Å². The molecule has 90 valence electrons. The van der Waals surface area contributed by atoms with Gasteiger partial charge in [-0.2, -0.15) is 0 Å². The number of aromatic nitrogens is 1. The number of nitrogens with one attached hydrogen (secondary N) is 2. The van der Waals surface area contributed by atoms with Crippen LogP contribution in [0.15, 0.2) is 36.5 Å². The van der Waals surface area contributed by atoms with Gasteiger partial charge in [0.25, 0.3) is 0 Å². The van der Waals surface area contributed by atoms with E-state index in [9.17, 15) is 8.78 Å². The highest BCUT2D eigenvalue weighted by Crippen LogP contribution is 2.16. The first-order valence-corrected chi connectivity index (χ1v) is 5.47. The number of H-pyrrole nitrogens is 1. The summed E-state index contributed by atoms with van der Waals surface area (Å²) in [6, 6.07) is 7.81. The van der Waals surface area contributed by atoms with Gasteiger partial charge in [-0.15, -0.1) is 0 Å². The number of benzene rings is 1. The van der Waals surface area contributed by atoms with Crippen LogP contribution in [0.1, 0.15) is 24.2 Å². The fourth-order valence-electron chi connectivity index (χ4n) is 1.64. The molecule has 2 N–H and O–H groups in total. The second kappa shape index (κ2) is 5.10. The molecule has 0 radical (unpaired) electrons. The second-order valence-electron chi connectivity index (χ2n) is 3.97. The van der Waals surface area contributed by atoms with E-state index < -0.39 is 11.6 Å². The summed E-state index contributed by atoms with van der Waals surface area (Å²) < 4.78 is 25.8. The summed E-state index contributed by atoms with van der Waals surface area (Å²) in [5.74, 6) is -1.62. The van der Waals surface area contributed by atoms with Gasteiger partial charge in [0, 0.05) is 24.5 Å². The van der Waals surface area contributed by atoms with E-state index in [1.165, 1.54) is 6.07 Å². The summed E-state index contributed by atoms with van der Waals surface area (Å²) in [6.45, 7) is 2.57. The highest BCUT2D eigenvalue weighted by Gasteiger charge is 2.08. The van der Waals surface area contributed by atoms with Crippen molar-refractivity contribution in [3.63, 3.8) is 0 Å². The molecule has 1 aromatic carbocycles. The van der Waals surface area contributed by atoms with Crippen molar-refractivity contribution in [2.45, 2.75) is 19.5 Å². The van der Waals surface area contributed by atoms with Crippen molar-refractivity contribution >= 4 is 0 Å². The monoisotopic (exact) mass is 236 g/mol. The molecule has 17 heavy (non-hydrogen) atoms. The first-order valence-electron chi connectivity index (χ1n) is 5.47. The quantitative estimate of drug-likeness (QED) is 0.838. The number of aromatic amines is 1. The van der Waals surface area contributed by atoms with E-state index in [-0.39, 0.29) is 6.04 Å². The predicted molar refractivity (Wildman–Crippen MR) is 62.4 cm³/mol. The Morgan fingerprint density at radius 3 is 2.71 bits per heavy atom. The summed E-state index contributed by atoms with van der Waals surface area (Å²) in [5.41, 5.74) is 1.79. The van der Waals surface area contributed by atoms with Crippen LogP contribution in [0.2, 0.25) is 0 Å². The summed E-state index contributed by atoms with van der Waals surface area (Å²) >= 11 is 0. The minimum Gasteiger partial charge on any atom is -0.364 e. The molecular formula is C13H14F2N2. The Kier molecular flexibility index (Phi) is 3.54. The third-order valence-electron chi connectivity index (χ3n) is 2.70. The lowest BCUT2D eigenvalue weighted by Crippen LogP contribution is -2.18. The molecule has 0 saturated heterocycles. The molecule has 0 aliphatic rings. The highest BCUT2D eigenvalue weighted by atomic mass is 19.2. The van der Waals surface area contributed by atoms with Gasteiger partial charge in [-0.25, -0.2) is 8.78 Å². The van der Waals surface area contributed by atoms with Crippen LogP contribution in [0.25, 0.3) is 0 Å². The van der Waals surface area contributed by atoms with Gasteiger partial charge in [-0.3, -0.25) is 0 Å². The number of hydrogen-bond donors (Lipinski definition) is 2. The summed E-state index contributed by atoms with van der Waals surface area (Å²) in [5, 5.41) is 3.23. The summed E-state index contributed by atoms with van der Waals surface area (Å²) in [4.78, 5) is 3.07. The Morgan fingerprint density at radius 1 is 1.24 bits per heavy atom. The first-order chi connectivity index (χ1) is 8.16. The van der Waals surface area contributed by atoms with Gasteiger partial charge in [0.2, 0.25) is 0 Å². The number of hydrogen-bond acceptors (Lipinski definition) is 1. The SMILES string of the molecule is CC(NCc1ccc[nH]1)c1ccc(F)c(F)c1. The Bertz CT molecular complexity index is 480. The van der Waals surface area contributed by atoms with Crippen LogP contribution in [0, 0.1) is 11.6 Å². The molecule has 4 heteroatoms. The van der Waals surface area contributed by atoms with Crippen molar-refractivity contribution in [3.05, 3.63) is 59.4 Å². The van der Waals surface area contributed by atoms with Crippen LogP contribution in [-0.4, -0.2) is 4.98 Å². The Labute approximate surface area is 98.7 Å². The van der Waals surface area contributed by atoms with Crippen LogP contribution < -0.4 is 5.32 Å². The van der Waals surface area contributed by atoms with Crippen molar-refractivity contribution < 1.29 is 8.78 Å². The van der Waals surface area contributed by atoms with Crippen LogP contribution in [0.5, 0.6) is 0 Å². The zero-order chi connectivity index (χ0) is 12.3. The molecule has 1 atom stereocenters. The van der Waals surface area contributed by atoms with Crippen LogP contribution in [0.3, 0.4) is 0 Å². The standard InChI is InChI=1S/C13H14F2N2/c1-9(17-8-11-3-2-6-16-11)10-4-5-12(14)13(15)7-10/h2-7,9,16-17H,8H2,1H3. The van der Waals surface area contributed by atoms with Crippen LogP contribution >= 0.6 is 0 Å². The lowest BCUT2D eigenvalue weighted by molar-refractivity contribution is 0.500. The van der Waals surface area contributed by atoms with Gasteiger partial charge in [0.05, 0.1) is 0 Å². The zero-order valence-electron chi connectivity index (χ0n) is 9.50. The molecule has 0 amide bonds. The minimum atomic E-state index is -0.815. The molecular weight excluding hydrogens is 222 g/mol. The molecule has 1 aromatic heterocycles. The Morgan fingerprint density at radius 2 is 2.06 bits per heavy atom. The predicted octanol–water partition coefficient (Wildman–Crippen LogP) is 3.14. The van der Waals surface area contributed by atoms with Crippen molar-refractivity contribution in [1.82, 2.24) is 10.3 Å². The molecule has 2 rings (SSSR count). The fourth-order valence-corrected chi connectivity index (χ4v) is 1.64. The molecule has 0 saturated carbocycles. The van der Waals surface area contributed by atoms with E-state index in [0.717, 1.165) is 17.3 Å². The molecule has 2 nitrogen and oxygen atoms in total. The van der Waals surface area contributed by atoms with E-state index in [1.807, 2.05) is 25.3 Å². The van der Waals surface area contributed by atoms with E-state index in [2.05, 4.69) is 10.3 Å². The number of rotatable bonds is 4. The van der Waals surface area contributed by atoms with E-state index in [1.54, 1.807) is 6.07 Å². The van der Waals surface area contributed by atoms with E-state index >= 15 is 0 Å². The largest absolute Gasteiger partial charge is 0.364 e. The van der Waals surface area contributed by atoms with E-state index in [4.69, 9.17) is 0 Å². The average Bonchev–Trinajstić information content (AvgIpc) is 2.82. The van der Waals surface area contributed by atoms with E-state index in [0.29, 0.717) is 6.54 Å². The molecule has 1 unspecified atom stereocenters. The maximum atomic E-state index is 13.0. The maximum Gasteiger partial charge on any atom is 0.159 e. The fraction of sp³-hybridized carbons (Fsp3) is 0.231. The molecule has 0 aliphatic heterocycles. The Hall–Kier alpha value is -1.68. The number of halogens is 2. The summed E-state index contributed by atoms with van der Waals surface area (Å²) in [6.07, 6.45) is 1.85. The van der Waals surface area contributed by atoms with Gasteiger partial charge >= 0.3 is 0 Å². The molecule has 0 bridgehead atoms. The maximum absolute atomic E-state index is 13.0. The third kappa shape index (κ3) is 2.91. The molecule has 0 aliphatic carbocycles. The van der Waals surface area contributed by atoms with Crippen molar-refractivity contribution in [2.24, 2.45) is 0 Å². The summed E-state index contributed by atoms with van der Waals surface area (Å²) in [7, 11) is 0. The smallest absolute Gasteiger partial charge is 0.159 e. The lowest BCUT2D eigenvalue weighted by Gasteiger charge is -2.13. The molecule has 1 heterocycles. The highest BCUT2D eigenvalue weighted by molar-refractivity contribution is 5.21. The topological polar surface area (TPSA) is 27.8 Å². The molecule has 0 fully saturated rings. The first kappa shape index (κ1) is 11.8.